The van der Waals surface area contributed by atoms with Gasteiger partial charge in [0.2, 0.25) is 0 Å². The van der Waals surface area contributed by atoms with E-state index in [1.807, 2.05) is 0 Å². The van der Waals surface area contributed by atoms with Crippen LogP contribution >= 0.6 is 0 Å². The number of rotatable bonds is 2. The molecule has 0 aliphatic carbocycles. The molecule has 0 aromatic carbocycles. The van der Waals surface area contributed by atoms with E-state index in [-0.39, 0.29) is 5.57 Å². The predicted octanol–water partition coefficient (Wildman–Crippen LogP) is 0.130. The van der Waals surface area contributed by atoms with E-state index in [2.05, 4.69) is 10.3 Å². The predicted molar refractivity (Wildman–Crippen MR) is 55.0 cm³/mol. The minimum absolute atomic E-state index is 0.0208. The molecular formula is C10H10N2O4. The van der Waals surface area contributed by atoms with E-state index in [1.165, 1.54) is 6.20 Å². The van der Waals surface area contributed by atoms with Crippen LogP contribution < -0.4 is 5.32 Å². The second kappa shape index (κ2) is 3.80. The molecule has 2 heterocycles. The van der Waals surface area contributed by atoms with Gasteiger partial charge >= 0.3 is 11.9 Å². The lowest BCUT2D eigenvalue weighted by Crippen LogP contribution is -2.32. The summed E-state index contributed by atoms with van der Waals surface area (Å²) in [4.78, 5) is 25.6. The summed E-state index contributed by atoms with van der Waals surface area (Å²) in [6, 6.07) is -0.737. The monoisotopic (exact) mass is 222 g/mol. The second-order valence-electron chi connectivity index (χ2n) is 3.60. The van der Waals surface area contributed by atoms with Crippen LogP contribution in [0.1, 0.15) is 12.8 Å². The van der Waals surface area contributed by atoms with Crippen LogP contribution in [0.4, 0.5) is 0 Å². The van der Waals surface area contributed by atoms with Crippen molar-refractivity contribution in [3.8, 4) is 0 Å². The number of nitrogens with zero attached hydrogens (tertiary/aromatic N) is 1. The number of carboxylic acid groups (broad SMARTS) is 2. The Hall–Kier alpha value is -2.11. The molecule has 1 unspecified atom stereocenters. The molecule has 0 amide bonds. The summed E-state index contributed by atoms with van der Waals surface area (Å²) in [6.07, 6.45) is 3.62. The lowest BCUT2D eigenvalue weighted by molar-refractivity contribution is -0.139. The largest absolute Gasteiger partial charge is 0.480 e. The van der Waals surface area contributed by atoms with E-state index in [0.717, 1.165) is 5.57 Å². The first-order chi connectivity index (χ1) is 7.59. The van der Waals surface area contributed by atoms with E-state index >= 15 is 0 Å². The lowest BCUT2D eigenvalue weighted by atomic mass is 10.0. The van der Waals surface area contributed by atoms with Gasteiger partial charge < -0.3 is 15.5 Å². The average Bonchev–Trinajstić information content (AvgIpc) is 2.52. The molecule has 0 aromatic heterocycles. The molecule has 0 fully saturated rings. The molecule has 3 N–H and O–H groups in total. The molecule has 6 heteroatoms. The van der Waals surface area contributed by atoms with Crippen LogP contribution in [0.5, 0.6) is 0 Å². The van der Waals surface area contributed by atoms with Gasteiger partial charge in [0.15, 0.2) is 0 Å². The zero-order valence-corrected chi connectivity index (χ0v) is 8.30. The number of aliphatic carboxylic acids is 2. The minimum atomic E-state index is -1.11. The molecule has 2 aliphatic heterocycles. The van der Waals surface area contributed by atoms with Crippen LogP contribution in [0.15, 0.2) is 28.0 Å². The Morgan fingerprint density at radius 1 is 1.44 bits per heavy atom. The highest BCUT2D eigenvalue weighted by Gasteiger charge is 2.32. The van der Waals surface area contributed by atoms with Crippen molar-refractivity contribution in [2.24, 2.45) is 4.99 Å². The minimum Gasteiger partial charge on any atom is -0.480 e. The summed E-state index contributed by atoms with van der Waals surface area (Å²) in [7, 11) is 0. The summed E-state index contributed by atoms with van der Waals surface area (Å²) in [5.74, 6) is -2.08. The Balaban J connectivity index is 2.32. The first-order valence-corrected chi connectivity index (χ1v) is 4.76. The standard InChI is InChI=1S/C10H10N2O4/c13-9(14)6-4-11-2-1-5-3-7(10(15)16)12-8(5)6/h2,4,7,12H,1,3H2,(H,13,14)(H,15,16). The van der Waals surface area contributed by atoms with Crippen molar-refractivity contribution in [1.29, 1.82) is 0 Å². The summed E-state index contributed by atoms with van der Waals surface area (Å²) in [5, 5.41) is 20.6. The number of hydrogen-bond acceptors (Lipinski definition) is 4. The molecule has 1 atom stereocenters. The molecule has 16 heavy (non-hydrogen) atoms. The average molecular weight is 222 g/mol. The number of aliphatic imine (C=N–C) groups is 1. The molecule has 2 aliphatic rings. The van der Waals surface area contributed by atoms with E-state index in [0.29, 0.717) is 18.5 Å². The van der Waals surface area contributed by atoms with Gasteiger partial charge in [-0.05, 0) is 5.57 Å². The molecular weight excluding hydrogens is 212 g/mol. The van der Waals surface area contributed by atoms with Gasteiger partial charge in [0.05, 0.1) is 5.70 Å². The van der Waals surface area contributed by atoms with Crippen molar-refractivity contribution < 1.29 is 19.8 Å². The Labute approximate surface area is 91.0 Å². The Bertz CT molecular complexity index is 448. The molecule has 6 nitrogen and oxygen atoms in total. The first-order valence-electron chi connectivity index (χ1n) is 4.76. The van der Waals surface area contributed by atoms with Crippen molar-refractivity contribution in [2.75, 3.05) is 0 Å². The topological polar surface area (TPSA) is 99.0 Å². The first kappa shape index (κ1) is 10.4. The third kappa shape index (κ3) is 1.69. The molecule has 0 saturated carbocycles. The van der Waals surface area contributed by atoms with Crippen LogP contribution in [0.2, 0.25) is 0 Å². The third-order valence-corrected chi connectivity index (χ3v) is 2.57. The van der Waals surface area contributed by atoms with Gasteiger partial charge in [0.1, 0.15) is 11.6 Å². The van der Waals surface area contributed by atoms with Gasteiger partial charge in [0, 0.05) is 25.3 Å². The summed E-state index contributed by atoms with van der Waals surface area (Å²) < 4.78 is 0. The quantitative estimate of drug-likeness (QED) is 0.616. The fourth-order valence-corrected chi connectivity index (χ4v) is 1.80. The number of carbonyl (C=O) groups is 2. The number of carboxylic acids is 2. The van der Waals surface area contributed by atoms with Crippen molar-refractivity contribution in [2.45, 2.75) is 18.9 Å². The van der Waals surface area contributed by atoms with E-state index in [1.54, 1.807) is 6.21 Å². The maximum Gasteiger partial charge on any atom is 0.339 e. The van der Waals surface area contributed by atoms with Crippen LogP contribution in [0.3, 0.4) is 0 Å². The van der Waals surface area contributed by atoms with Gasteiger partial charge in [-0.2, -0.15) is 0 Å². The lowest BCUT2D eigenvalue weighted by Gasteiger charge is -2.08. The number of hydrogen-bond donors (Lipinski definition) is 3. The molecule has 0 aromatic rings. The second-order valence-corrected chi connectivity index (χ2v) is 3.60. The highest BCUT2D eigenvalue weighted by atomic mass is 16.4. The zero-order chi connectivity index (χ0) is 11.7. The maximum absolute atomic E-state index is 11.0. The Kier molecular flexibility index (Phi) is 2.47. The molecule has 0 radical (unpaired) electrons. The fraction of sp³-hybridized carbons (Fsp3) is 0.300. The van der Waals surface area contributed by atoms with Gasteiger partial charge in [-0.25, -0.2) is 9.59 Å². The summed E-state index contributed by atoms with van der Waals surface area (Å²) >= 11 is 0. The molecule has 2 rings (SSSR count). The summed E-state index contributed by atoms with van der Waals surface area (Å²) in [5.41, 5.74) is 1.20. The smallest absolute Gasteiger partial charge is 0.339 e. The normalized spacial score (nSPS) is 23.2. The molecule has 0 saturated heterocycles. The maximum atomic E-state index is 11.0. The summed E-state index contributed by atoms with van der Waals surface area (Å²) in [6.45, 7) is 0. The molecule has 0 spiro atoms. The van der Waals surface area contributed by atoms with Crippen molar-refractivity contribution in [3.63, 3.8) is 0 Å². The molecule has 0 bridgehead atoms. The van der Waals surface area contributed by atoms with Crippen LogP contribution in [-0.4, -0.2) is 34.4 Å². The Morgan fingerprint density at radius 2 is 2.19 bits per heavy atom. The molecule has 84 valence electrons. The van der Waals surface area contributed by atoms with Crippen LogP contribution in [0.25, 0.3) is 0 Å². The van der Waals surface area contributed by atoms with Crippen LogP contribution in [-0.2, 0) is 9.59 Å². The third-order valence-electron chi connectivity index (χ3n) is 2.57. The van der Waals surface area contributed by atoms with Crippen molar-refractivity contribution in [1.82, 2.24) is 5.32 Å². The van der Waals surface area contributed by atoms with Gasteiger partial charge in [-0.3, -0.25) is 4.99 Å². The van der Waals surface area contributed by atoms with Gasteiger partial charge in [0.25, 0.3) is 0 Å². The van der Waals surface area contributed by atoms with E-state index in [4.69, 9.17) is 10.2 Å². The van der Waals surface area contributed by atoms with Gasteiger partial charge in [-0.15, -0.1) is 0 Å². The fourth-order valence-electron chi connectivity index (χ4n) is 1.80. The zero-order valence-electron chi connectivity index (χ0n) is 8.30. The van der Waals surface area contributed by atoms with Crippen LogP contribution in [0, 0.1) is 0 Å². The Morgan fingerprint density at radius 3 is 2.81 bits per heavy atom. The van der Waals surface area contributed by atoms with E-state index in [9.17, 15) is 9.59 Å². The van der Waals surface area contributed by atoms with Crippen molar-refractivity contribution >= 4 is 18.2 Å². The van der Waals surface area contributed by atoms with Gasteiger partial charge in [-0.1, -0.05) is 0 Å². The van der Waals surface area contributed by atoms with Crippen molar-refractivity contribution in [3.05, 3.63) is 23.0 Å². The highest BCUT2D eigenvalue weighted by Crippen LogP contribution is 2.28. The number of nitrogens with one attached hydrogen (secondary N) is 1. The SMILES string of the molecule is O=C(O)C1=CN=CCC2=C1NC(C(=O)O)C2. The van der Waals surface area contributed by atoms with E-state index < -0.39 is 18.0 Å². The highest BCUT2D eigenvalue weighted by molar-refractivity contribution is 5.93.